The Bertz CT molecular complexity index is 580. The number of likely N-dealkylation sites (tertiary alicyclic amines) is 2. The van der Waals surface area contributed by atoms with Gasteiger partial charge in [-0.3, -0.25) is 9.69 Å². The highest BCUT2D eigenvalue weighted by atomic mass is 16.3. The third kappa shape index (κ3) is 4.05. The number of aliphatic hydroxyl groups excluding tert-OH is 1. The van der Waals surface area contributed by atoms with Crippen LogP contribution >= 0.6 is 0 Å². The fraction of sp³-hybridized carbons (Fsp3) is 0.650. The van der Waals surface area contributed by atoms with Crippen LogP contribution in [0.2, 0.25) is 0 Å². The quantitative estimate of drug-likeness (QED) is 0.877. The van der Waals surface area contributed by atoms with Gasteiger partial charge in [0.15, 0.2) is 0 Å². The molecule has 0 spiro atoms. The molecule has 0 aromatic heterocycles. The SMILES string of the molecule is CN(CC(=O)N1CC[C@@]2(CO)CCCN(C)[C@@H]2C1)Cc1ccccc1. The molecule has 2 fully saturated rings. The van der Waals surface area contributed by atoms with Gasteiger partial charge in [0, 0.05) is 31.1 Å². The van der Waals surface area contributed by atoms with Crippen LogP contribution in [0.25, 0.3) is 0 Å². The summed E-state index contributed by atoms with van der Waals surface area (Å²) in [6, 6.07) is 10.5. The lowest BCUT2D eigenvalue weighted by molar-refractivity contribution is -0.140. The lowest BCUT2D eigenvalue weighted by Crippen LogP contribution is -2.62. The smallest absolute Gasteiger partial charge is 0.236 e. The Labute approximate surface area is 151 Å². The largest absolute Gasteiger partial charge is 0.396 e. The third-order valence-electron chi connectivity index (χ3n) is 6.07. The number of hydrogen-bond donors (Lipinski definition) is 1. The Morgan fingerprint density at radius 3 is 2.76 bits per heavy atom. The Morgan fingerprint density at radius 1 is 1.28 bits per heavy atom. The molecular weight excluding hydrogens is 314 g/mol. The van der Waals surface area contributed by atoms with Gasteiger partial charge >= 0.3 is 0 Å². The zero-order valence-electron chi connectivity index (χ0n) is 15.5. The van der Waals surface area contributed by atoms with Crippen LogP contribution in [0.4, 0.5) is 0 Å². The van der Waals surface area contributed by atoms with E-state index in [4.69, 9.17) is 0 Å². The molecule has 2 aliphatic rings. The fourth-order valence-corrected chi connectivity index (χ4v) is 4.52. The van der Waals surface area contributed by atoms with Crippen molar-refractivity contribution in [2.75, 3.05) is 46.9 Å². The summed E-state index contributed by atoms with van der Waals surface area (Å²) in [6.07, 6.45) is 3.13. The highest BCUT2D eigenvalue weighted by Crippen LogP contribution is 2.41. The molecule has 1 amide bonds. The summed E-state index contributed by atoms with van der Waals surface area (Å²) in [5, 5.41) is 9.99. The molecular formula is C20H31N3O2. The summed E-state index contributed by atoms with van der Waals surface area (Å²) in [5.74, 6) is 0.198. The van der Waals surface area contributed by atoms with Crippen molar-refractivity contribution in [1.82, 2.24) is 14.7 Å². The Hall–Kier alpha value is -1.43. The second-order valence-electron chi connectivity index (χ2n) is 7.87. The monoisotopic (exact) mass is 345 g/mol. The van der Waals surface area contributed by atoms with Crippen molar-refractivity contribution < 1.29 is 9.90 Å². The van der Waals surface area contributed by atoms with Crippen molar-refractivity contribution in [2.24, 2.45) is 5.41 Å². The van der Waals surface area contributed by atoms with E-state index in [0.29, 0.717) is 6.54 Å². The lowest BCUT2D eigenvalue weighted by Gasteiger charge is -2.53. The van der Waals surface area contributed by atoms with Gasteiger partial charge in [0.05, 0.1) is 13.2 Å². The first-order valence-electron chi connectivity index (χ1n) is 9.35. The maximum atomic E-state index is 12.8. The van der Waals surface area contributed by atoms with E-state index in [0.717, 1.165) is 45.4 Å². The Morgan fingerprint density at radius 2 is 2.04 bits per heavy atom. The standard InChI is InChI=1S/C20H31N3O2/c1-21(13-17-7-4-3-5-8-17)15-19(25)23-12-10-20(16-24)9-6-11-22(2)18(20)14-23/h3-5,7-8,18,24H,6,9-16H2,1-2H3/t18-,20-/m1/s1. The van der Waals surface area contributed by atoms with Crippen LogP contribution < -0.4 is 0 Å². The average molecular weight is 345 g/mol. The molecule has 5 nitrogen and oxygen atoms in total. The molecule has 1 aromatic rings. The molecule has 2 aliphatic heterocycles. The van der Waals surface area contributed by atoms with Crippen LogP contribution in [-0.4, -0.2) is 78.6 Å². The topological polar surface area (TPSA) is 47.0 Å². The highest BCUT2D eigenvalue weighted by Gasteiger charge is 2.47. The van der Waals surface area contributed by atoms with Crippen molar-refractivity contribution in [3.8, 4) is 0 Å². The summed E-state index contributed by atoms with van der Waals surface area (Å²) in [5.41, 5.74) is 1.21. The van der Waals surface area contributed by atoms with Crippen LogP contribution in [0.5, 0.6) is 0 Å². The minimum Gasteiger partial charge on any atom is -0.396 e. The number of aliphatic hydroxyl groups is 1. The van der Waals surface area contributed by atoms with E-state index >= 15 is 0 Å². The van der Waals surface area contributed by atoms with E-state index in [1.807, 2.05) is 30.1 Å². The average Bonchev–Trinajstić information content (AvgIpc) is 2.62. The van der Waals surface area contributed by atoms with Gasteiger partial charge < -0.3 is 14.9 Å². The van der Waals surface area contributed by atoms with Crippen molar-refractivity contribution in [1.29, 1.82) is 0 Å². The number of nitrogens with zero attached hydrogens (tertiary/aromatic N) is 3. The van der Waals surface area contributed by atoms with Gasteiger partial charge in [-0.1, -0.05) is 30.3 Å². The molecule has 5 heteroatoms. The molecule has 3 rings (SSSR count). The van der Waals surface area contributed by atoms with Crippen LogP contribution in [0, 0.1) is 5.41 Å². The molecule has 2 heterocycles. The minimum atomic E-state index is -0.0142. The number of likely N-dealkylation sites (N-methyl/N-ethyl adjacent to an activating group) is 2. The normalized spacial score (nSPS) is 27.4. The number of fused-ring (bicyclic) bond motifs is 1. The molecule has 0 radical (unpaired) electrons. The molecule has 0 saturated carbocycles. The van der Waals surface area contributed by atoms with Crippen LogP contribution in [0.15, 0.2) is 30.3 Å². The van der Waals surface area contributed by atoms with Crippen molar-refractivity contribution in [3.63, 3.8) is 0 Å². The number of carbonyl (C=O) groups is 1. The molecule has 25 heavy (non-hydrogen) atoms. The predicted octanol–water partition coefficient (Wildman–Crippen LogP) is 1.42. The summed E-state index contributed by atoms with van der Waals surface area (Å²) in [4.78, 5) is 19.2. The van der Waals surface area contributed by atoms with E-state index < -0.39 is 0 Å². The molecule has 2 saturated heterocycles. The Kier molecular flexibility index (Phi) is 5.77. The zero-order chi connectivity index (χ0) is 17.9. The predicted molar refractivity (Wildman–Crippen MR) is 99.1 cm³/mol. The van der Waals surface area contributed by atoms with E-state index in [-0.39, 0.29) is 24.0 Å². The first-order chi connectivity index (χ1) is 12.0. The minimum absolute atomic E-state index is 0.0142. The van der Waals surface area contributed by atoms with Crippen LogP contribution in [0.1, 0.15) is 24.8 Å². The van der Waals surface area contributed by atoms with Gasteiger partial charge in [-0.2, -0.15) is 0 Å². The zero-order valence-corrected chi connectivity index (χ0v) is 15.5. The van der Waals surface area contributed by atoms with Gasteiger partial charge in [-0.15, -0.1) is 0 Å². The molecule has 1 aromatic carbocycles. The second kappa shape index (κ2) is 7.85. The first-order valence-corrected chi connectivity index (χ1v) is 9.35. The van der Waals surface area contributed by atoms with Crippen molar-refractivity contribution in [3.05, 3.63) is 35.9 Å². The number of benzene rings is 1. The van der Waals surface area contributed by atoms with Crippen molar-refractivity contribution in [2.45, 2.75) is 31.8 Å². The molecule has 0 bridgehead atoms. The summed E-state index contributed by atoms with van der Waals surface area (Å²) in [6.45, 7) is 4.03. The van der Waals surface area contributed by atoms with Gasteiger partial charge in [-0.25, -0.2) is 0 Å². The van der Waals surface area contributed by atoms with E-state index in [2.05, 4.69) is 29.0 Å². The van der Waals surface area contributed by atoms with Gasteiger partial charge in [0.2, 0.25) is 5.91 Å². The summed E-state index contributed by atoms with van der Waals surface area (Å²) in [7, 11) is 4.13. The first kappa shape index (κ1) is 18.4. The van der Waals surface area contributed by atoms with Gasteiger partial charge in [0.1, 0.15) is 0 Å². The fourth-order valence-electron chi connectivity index (χ4n) is 4.52. The Balaban J connectivity index is 1.58. The van der Waals surface area contributed by atoms with E-state index in [9.17, 15) is 9.90 Å². The van der Waals surface area contributed by atoms with Gasteiger partial charge in [0.25, 0.3) is 0 Å². The summed E-state index contributed by atoms with van der Waals surface area (Å²) >= 11 is 0. The molecule has 2 atom stereocenters. The van der Waals surface area contributed by atoms with Crippen molar-refractivity contribution >= 4 is 5.91 Å². The molecule has 138 valence electrons. The second-order valence-corrected chi connectivity index (χ2v) is 7.87. The lowest BCUT2D eigenvalue weighted by atomic mass is 9.69. The number of amides is 1. The summed E-state index contributed by atoms with van der Waals surface area (Å²) < 4.78 is 0. The molecule has 1 N–H and O–H groups in total. The number of carbonyl (C=O) groups excluding carboxylic acids is 1. The highest BCUT2D eigenvalue weighted by molar-refractivity contribution is 5.78. The maximum absolute atomic E-state index is 12.8. The number of piperidine rings is 2. The van der Waals surface area contributed by atoms with Gasteiger partial charge in [-0.05, 0) is 45.5 Å². The van der Waals surface area contributed by atoms with Crippen LogP contribution in [-0.2, 0) is 11.3 Å². The molecule has 0 unspecified atom stereocenters. The van der Waals surface area contributed by atoms with E-state index in [1.54, 1.807) is 0 Å². The molecule has 0 aliphatic carbocycles. The van der Waals surface area contributed by atoms with Crippen LogP contribution in [0.3, 0.4) is 0 Å². The number of rotatable bonds is 5. The van der Waals surface area contributed by atoms with E-state index in [1.165, 1.54) is 5.56 Å². The number of hydrogen-bond acceptors (Lipinski definition) is 4. The maximum Gasteiger partial charge on any atom is 0.236 e. The third-order valence-corrected chi connectivity index (χ3v) is 6.07.